The molecule has 0 saturated carbocycles. The molecule has 0 unspecified atom stereocenters. The lowest BCUT2D eigenvalue weighted by Crippen LogP contribution is -2.44. The summed E-state index contributed by atoms with van der Waals surface area (Å²) in [5.74, 6) is 0.579. The third-order valence-electron chi connectivity index (χ3n) is 3.77. The second-order valence-electron chi connectivity index (χ2n) is 5.29. The number of para-hydroxylation sites is 1. The van der Waals surface area contributed by atoms with Gasteiger partial charge in [-0.15, -0.1) is 0 Å². The molecule has 22 heavy (non-hydrogen) atoms. The molecule has 1 saturated heterocycles. The third kappa shape index (κ3) is 3.28. The van der Waals surface area contributed by atoms with Crippen molar-refractivity contribution in [2.24, 2.45) is 10.7 Å². The highest BCUT2D eigenvalue weighted by atomic mass is 16.5. The molecular formula is C16H21N5O. The predicted octanol–water partition coefficient (Wildman–Crippen LogP) is 1.33. The van der Waals surface area contributed by atoms with E-state index in [1.165, 1.54) is 0 Å². The van der Waals surface area contributed by atoms with E-state index in [-0.39, 0.29) is 0 Å². The van der Waals surface area contributed by atoms with Gasteiger partial charge in [-0.25, -0.2) is 9.67 Å². The van der Waals surface area contributed by atoms with E-state index < -0.39 is 0 Å². The van der Waals surface area contributed by atoms with Crippen LogP contribution in [0.3, 0.4) is 0 Å². The molecular weight excluding hydrogens is 278 g/mol. The summed E-state index contributed by atoms with van der Waals surface area (Å²) in [5, 5.41) is 4.54. The molecule has 0 radical (unpaired) electrons. The maximum absolute atomic E-state index is 6.06. The molecule has 0 amide bonds. The minimum atomic E-state index is 0.544. The van der Waals surface area contributed by atoms with Crippen molar-refractivity contribution in [3.63, 3.8) is 0 Å². The number of nitrogens with zero attached hydrogens (tertiary/aromatic N) is 4. The Kier molecular flexibility index (Phi) is 4.39. The fraction of sp³-hybridized carbons (Fsp3) is 0.375. The van der Waals surface area contributed by atoms with Gasteiger partial charge in [-0.3, -0.25) is 0 Å². The van der Waals surface area contributed by atoms with Crippen molar-refractivity contribution in [1.82, 2.24) is 14.7 Å². The van der Waals surface area contributed by atoms with Crippen LogP contribution in [0.15, 0.2) is 41.5 Å². The van der Waals surface area contributed by atoms with E-state index in [1.54, 1.807) is 0 Å². The zero-order valence-electron chi connectivity index (χ0n) is 12.8. The van der Waals surface area contributed by atoms with E-state index in [2.05, 4.69) is 15.0 Å². The van der Waals surface area contributed by atoms with Gasteiger partial charge >= 0.3 is 0 Å². The van der Waals surface area contributed by atoms with E-state index in [0.717, 1.165) is 30.0 Å². The van der Waals surface area contributed by atoms with Gasteiger partial charge in [-0.2, -0.15) is 5.10 Å². The molecule has 6 nitrogen and oxygen atoms in total. The Morgan fingerprint density at radius 3 is 2.73 bits per heavy atom. The lowest BCUT2D eigenvalue weighted by Gasteiger charge is -2.27. The number of hydrogen-bond donors (Lipinski definition) is 1. The summed E-state index contributed by atoms with van der Waals surface area (Å²) in [7, 11) is 0. The highest BCUT2D eigenvalue weighted by Crippen LogP contribution is 2.12. The van der Waals surface area contributed by atoms with Crippen LogP contribution >= 0.6 is 0 Å². The minimum absolute atomic E-state index is 0.544. The van der Waals surface area contributed by atoms with E-state index in [1.807, 2.05) is 48.1 Å². The largest absolute Gasteiger partial charge is 0.378 e. The predicted molar refractivity (Wildman–Crippen MR) is 86.0 cm³/mol. The number of aromatic nitrogens is 2. The molecule has 6 heteroatoms. The van der Waals surface area contributed by atoms with Crippen molar-refractivity contribution in [3.8, 4) is 5.69 Å². The Morgan fingerprint density at radius 2 is 2.00 bits per heavy atom. The Balaban J connectivity index is 1.71. The van der Waals surface area contributed by atoms with Gasteiger partial charge in [-0.1, -0.05) is 18.2 Å². The number of morpholine rings is 1. The maximum Gasteiger partial charge on any atom is 0.191 e. The first-order valence-electron chi connectivity index (χ1n) is 7.47. The Morgan fingerprint density at radius 1 is 1.27 bits per heavy atom. The van der Waals surface area contributed by atoms with Crippen molar-refractivity contribution in [1.29, 1.82) is 0 Å². The van der Waals surface area contributed by atoms with E-state index in [4.69, 9.17) is 10.5 Å². The first-order valence-corrected chi connectivity index (χ1v) is 7.47. The number of nitrogens with two attached hydrogens (primary N) is 1. The first-order chi connectivity index (χ1) is 10.7. The Bertz CT molecular complexity index is 644. The van der Waals surface area contributed by atoms with Crippen LogP contribution in [0.5, 0.6) is 0 Å². The summed E-state index contributed by atoms with van der Waals surface area (Å²) in [6.07, 6.45) is 2.01. The fourth-order valence-corrected chi connectivity index (χ4v) is 2.42. The van der Waals surface area contributed by atoms with Crippen molar-refractivity contribution >= 4 is 5.96 Å². The fourth-order valence-electron chi connectivity index (χ4n) is 2.42. The lowest BCUT2D eigenvalue weighted by atomic mass is 10.2. The van der Waals surface area contributed by atoms with E-state index in [9.17, 15) is 0 Å². The molecule has 1 aliphatic heterocycles. The molecule has 2 heterocycles. The quantitative estimate of drug-likeness (QED) is 0.686. The first kappa shape index (κ1) is 14.6. The summed E-state index contributed by atoms with van der Waals surface area (Å²) in [6, 6.07) is 10.1. The molecule has 2 N–H and O–H groups in total. The number of aryl methyl sites for hydroxylation is 1. The second kappa shape index (κ2) is 6.62. The molecule has 1 aromatic heterocycles. The van der Waals surface area contributed by atoms with Crippen molar-refractivity contribution in [3.05, 3.63) is 47.8 Å². The van der Waals surface area contributed by atoms with Crippen LogP contribution in [0.25, 0.3) is 5.69 Å². The average Bonchev–Trinajstić information content (AvgIpc) is 2.95. The van der Waals surface area contributed by atoms with E-state index in [0.29, 0.717) is 25.7 Å². The number of hydrogen-bond acceptors (Lipinski definition) is 3. The van der Waals surface area contributed by atoms with Crippen LogP contribution in [0.4, 0.5) is 0 Å². The van der Waals surface area contributed by atoms with Gasteiger partial charge in [0.15, 0.2) is 5.96 Å². The highest BCUT2D eigenvalue weighted by molar-refractivity contribution is 5.78. The van der Waals surface area contributed by atoms with Crippen LogP contribution in [0.2, 0.25) is 0 Å². The minimum Gasteiger partial charge on any atom is -0.378 e. The molecule has 2 aromatic rings. The van der Waals surface area contributed by atoms with Gasteiger partial charge in [0, 0.05) is 24.8 Å². The monoisotopic (exact) mass is 299 g/mol. The lowest BCUT2D eigenvalue weighted by molar-refractivity contribution is 0.0674. The molecule has 0 spiro atoms. The summed E-state index contributed by atoms with van der Waals surface area (Å²) in [4.78, 5) is 6.55. The molecule has 3 rings (SSSR count). The topological polar surface area (TPSA) is 68.7 Å². The summed E-state index contributed by atoms with van der Waals surface area (Å²) < 4.78 is 7.20. The summed E-state index contributed by atoms with van der Waals surface area (Å²) >= 11 is 0. The van der Waals surface area contributed by atoms with Gasteiger partial charge in [0.05, 0.1) is 31.1 Å². The van der Waals surface area contributed by atoms with Crippen LogP contribution < -0.4 is 5.73 Å². The second-order valence-corrected chi connectivity index (χ2v) is 5.29. The summed E-state index contributed by atoms with van der Waals surface area (Å²) in [5.41, 5.74) is 9.16. The average molecular weight is 299 g/mol. The summed E-state index contributed by atoms with van der Waals surface area (Å²) in [6.45, 7) is 5.56. The van der Waals surface area contributed by atoms with Gasteiger partial charge in [0.1, 0.15) is 0 Å². The van der Waals surface area contributed by atoms with Crippen molar-refractivity contribution < 1.29 is 4.74 Å². The highest BCUT2D eigenvalue weighted by Gasteiger charge is 2.12. The number of aliphatic imine (C=N–C) groups is 1. The van der Waals surface area contributed by atoms with Gasteiger partial charge in [0.25, 0.3) is 0 Å². The number of rotatable bonds is 3. The number of guanidine groups is 1. The molecule has 0 bridgehead atoms. The van der Waals surface area contributed by atoms with Crippen molar-refractivity contribution in [2.75, 3.05) is 26.3 Å². The van der Waals surface area contributed by atoms with E-state index >= 15 is 0 Å². The molecule has 1 fully saturated rings. The van der Waals surface area contributed by atoms with Crippen molar-refractivity contribution in [2.45, 2.75) is 13.5 Å². The van der Waals surface area contributed by atoms with Crippen LogP contribution in [0, 0.1) is 6.92 Å². The zero-order chi connectivity index (χ0) is 15.4. The molecule has 0 atom stereocenters. The third-order valence-corrected chi connectivity index (χ3v) is 3.77. The Labute approximate surface area is 130 Å². The molecule has 116 valence electrons. The van der Waals surface area contributed by atoms with Gasteiger partial charge in [0.2, 0.25) is 0 Å². The maximum atomic E-state index is 6.06. The Hall–Kier alpha value is -2.34. The number of benzene rings is 1. The molecule has 0 aliphatic carbocycles. The smallest absolute Gasteiger partial charge is 0.191 e. The molecule has 1 aromatic carbocycles. The zero-order valence-corrected chi connectivity index (χ0v) is 12.8. The number of ether oxygens (including phenoxy) is 1. The normalized spacial score (nSPS) is 16.0. The van der Waals surface area contributed by atoms with Crippen LogP contribution in [-0.4, -0.2) is 46.9 Å². The van der Waals surface area contributed by atoms with Gasteiger partial charge in [-0.05, 0) is 19.1 Å². The van der Waals surface area contributed by atoms with Gasteiger partial charge < -0.3 is 15.4 Å². The van der Waals surface area contributed by atoms with Crippen LogP contribution in [0.1, 0.15) is 11.3 Å². The van der Waals surface area contributed by atoms with Crippen LogP contribution in [-0.2, 0) is 11.3 Å². The SMILES string of the molecule is Cc1nn(-c2ccccc2)cc1CN=C(N)N1CCOCC1. The standard InChI is InChI=1S/C16H21N5O/c1-13-14(11-18-16(17)20-7-9-22-10-8-20)12-21(19-13)15-5-3-2-4-6-15/h2-6,12H,7-11H2,1H3,(H2,17,18). The molecule has 1 aliphatic rings.